The summed E-state index contributed by atoms with van der Waals surface area (Å²) in [6, 6.07) is 14.1. The van der Waals surface area contributed by atoms with Crippen LogP contribution in [0.15, 0.2) is 46.9 Å². The van der Waals surface area contributed by atoms with E-state index in [1.165, 1.54) is 0 Å². The first-order chi connectivity index (χ1) is 13.4. The molecule has 1 aliphatic heterocycles. The Morgan fingerprint density at radius 2 is 2.00 bits per heavy atom. The van der Waals surface area contributed by atoms with Gasteiger partial charge >= 0.3 is 0 Å². The van der Waals surface area contributed by atoms with Crippen LogP contribution in [0.2, 0.25) is 0 Å². The summed E-state index contributed by atoms with van der Waals surface area (Å²) in [7, 11) is -2.99. The average Bonchev–Trinajstić information content (AvgIpc) is 3.23. The predicted molar refractivity (Wildman–Crippen MR) is 109 cm³/mol. The van der Waals surface area contributed by atoms with Crippen molar-refractivity contribution in [1.29, 1.82) is 0 Å². The normalized spacial score (nSPS) is 18.9. The molecular weight excluding hydrogens is 376 g/mol. The van der Waals surface area contributed by atoms with Gasteiger partial charge < -0.3 is 9.52 Å². The lowest BCUT2D eigenvalue weighted by molar-refractivity contribution is 0.152. The molecule has 7 heteroatoms. The van der Waals surface area contributed by atoms with Gasteiger partial charge in [-0.2, -0.15) is 0 Å². The van der Waals surface area contributed by atoms with Gasteiger partial charge in [-0.05, 0) is 36.2 Å². The molecule has 1 saturated heterocycles. The molecule has 148 valence electrons. The Morgan fingerprint density at radius 3 is 2.71 bits per heavy atom. The van der Waals surface area contributed by atoms with Crippen LogP contribution < -0.4 is 0 Å². The van der Waals surface area contributed by atoms with Gasteiger partial charge in [0.1, 0.15) is 5.76 Å². The highest BCUT2D eigenvalue weighted by Gasteiger charge is 2.32. The Balaban J connectivity index is 1.59. The number of hydrogen-bond acceptors (Lipinski definition) is 6. The number of nitrogens with zero attached hydrogens (tertiary/aromatic N) is 2. The van der Waals surface area contributed by atoms with Crippen LogP contribution in [-0.4, -0.2) is 54.1 Å². The summed E-state index contributed by atoms with van der Waals surface area (Å²) in [5.41, 5.74) is 1.69. The van der Waals surface area contributed by atoms with Gasteiger partial charge in [-0.1, -0.05) is 30.3 Å². The van der Waals surface area contributed by atoms with Crippen LogP contribution in [0.5, 0.6) is 0 Å². The van der Waals surface area contributed by atoms with Gasteiger partial charge in [-0.25, -0.2) is 13.4 Å². The van der Waals surface area contributed by atoms with E-state index in [0.29, 0.717) is 31.2 Å². The third kappa shape index (κ3) is 3.97. The van der Waals surface area contributed by atoms with Gasteiger partial charge in [0.2, 0.25) is 5.89 Å². The molecule has 0 bridgehead atoms. The number of rotatable bonds is 6. The first-order valence-corrected chi connectivity index (χ1v) is 11.3. The lowest BCUT2D eigenvalue weighted by Crippen LogP contribution is -2.38. The van der Waals surface area contributed by atoms with Crippen molar-refractivity contribution in [1.82, 2.24) is 9.88 Å². The number of aliphatic hydroxyl groups is 1. The second kappa shape index (κ2) is 7.66. The summed E-state index contributed by atoms with van der Waals surface area (Å²) >= 11 is 0. The fourth-order valence-corrected chi connectivity index (χ4v) is 5.56. The molecule has 0 radical (unpaired) electrons. The van der Waals surface area contributed by atoms with Gasteiger partial charge in [0.15, 0.2) is 9.84 Å². The number of aryl methyl sites for hydroxylation is 1. The topological polar surface area (TPSA) is 83.6 Å². The molecule has 1 unspecified atom stereocenters. The number of hydrogen-bond donors (Lipinski definition) is 1. The average molecular weight is 401 g/mol. The van der Waals surface area contributed by atoms with Crippen molar-refractivity contribution in [3.63, 3.8) is 0 Å². The predicted octanol–water partition coefficient (Wildman–Crippen LogP) is 2.78. The van der Waals surface area contributed by atoms with Crippen molar-refractivity contribution in [2.75, 3.05) is 24.7 Å². The number of fused-ring (bicyclic) bond motifs is 1. The minimum absolute atomic E-state index is 0.0228. The van der Waals surface area contributed by atoms with Crippen LogP contribution in [0.1, 0.15) is 17.9 Å². The van der Waals surface area contributed by atoms with Gasteiger partial charge in [-0.15, -0.1) is 0 Å². The Labute approximate surface area is 164 Å². The molecule has 0 spiro atoms. The molecule has 1 aliphatic rings. The quantitative estimate of drug-likeness (QED) is 0.685. The van der Waals surface area contributed by atoms with E-state index in [4.69, 9.17) is 4.42 Å². The summed E-state index contributed by atoms with van der Waals surface area (Å²) in [5.74, 6) is 1.62. The van der Waals surface area contributed by atoms with Crippen LogP contribution in [0.4, 0.5) is 0 Å². The molecule has 28 heavy (non-hydrogen) atoms. The van der Waals surface area contributed by atoms with Gasteiger partial charge in [-0.3, -0.25) is 4.90 Å². The minimum Gasteiger partial charge on any atom is -0.441 e. The Kier molecular flexibility index (Phi) is 5.23. The first-order valence-electron chi connectivity index (χ1n) is 9.46. The highest BCUT2D eigenvalue weighted by atomic mass is 32.2. The molecule has 2 aromatic carbocycles. The van der Waals surface area contributed by atoms with Crippen LogP contribution in [-0.2, 0) is 16.4 Å². The van der Waals surface area contributed by atoms with Crippen molar-refractivity contribution in [2.45, 2.75) is 25.9 Å². The summed E-state index contributed by atoms with van der Waals surface area (Å²) in [6.07, 6.45) is 0.594. The number of sulfone groups is 1. The largest absolute Gasteiger partial charge is 0.441 e. The zero-order valence-electron chi connectivity index (χ0n) is 15.8. The molecule has 1 N–H and O–H groups in total. The molecule has 0 saturated carbocycles. The highest BCUT2D eigenvalue weighted by Crippen LogP contribution is 2.27. The fourth-order valence-electron chi connectivity index (χ4n) is 3.80. The number of aromatic nitrogens is 1. The van der Waals surface area contributed by atoms with E-state index in [9.17, 15) is 13.5 Å². The van der Waals surface area contributed by atoms with Crippen molar-refractivity contribution in [3.05, 3.63) is 53.9 Å². The first kappa shape index (κ1) is 19.1. The lowest BCUT2D eigenvalue weighted by atomic mass is 10.1. The Bertz CT molecular complexity index is 1090. The van der Waals surface area contributed by atoms with Crippen molar-refractivity contribution in [3.8, 4) is 11.5 Å². The summed E-state index contributed by atoms with van der Waals surface area (Å²) in [4.78, 5) is 6.68. The summed E-state index contributed by atoms with van der Waals surface area (Å²) < 4.78 is 29.6. The zero-order chi connectivity index (χ0) is 19.7. The molecule has 1 aromatic heterocycles. The maximum Gasteiger partial charge on any atom is 0.226 e. The maximum absolute atomic E-state index is 11.8. The van der Waals surface area contributed by atoms with E-state index < -0.39 is 9.84 Å². The van der Waals surface area contributed by atoms with Crippen LogP contribution in [0.3, 0.4) is 0 Å². The smallest absolute Gasteiger partial charge is 0.226 e. The molecule has 1 atom stereocenters. The van der Waals surface area contributed by atoms with Crippen LogP contribution in [0, 0.1) is 6.92 Å². The molecule has 6 nitrogen and oxygen atoms in total. The molecule has 0 amide bonds. The standard InChI is InChI=1S/C21H24N2O4S/c1-15-20(13-23(9-10-24)19-8-11-28(25,26)14-19)22-21(27-15)18-7-6-16-4-2-3-5-17(16)12-18/h2-7,12,19,24H,8-11,13-14H2,1H3. The van der Waals surface area contributed by atoms with Crippen LogP contribution in [0.25, 0.3) is 22.2 Å². The lowest BCUT2D eigenvalue weighted by Gasteiger charge is -2.26. The molecule has 0 aliphatic carbocycles. The Hall–Kier alpha value is -2.22. The molecule has 2 heterocycles. The summed E-state index contributed by atoms with van der Waals surface area (Å²) in [6.45, 7) is 2.72. The maximum atomic E-state index is 11.8. The third-order valence-electron chi connectivity index (χ3n) is 5.35. The molecule has 3 aromatic rings. The fraction of sp³-hybridized carbons (Fsp3) is 0.381. The Morgan fingerprint density at radius 1 is 1.21 bits per heavy atom. The van der Waals surface area contributed by atoms with Crippen molar-refractivity contribution < 1.29 is 17.9 Å². The summed E-state index contributed by atoms with van der Waals surface area (Å²) in [5, 5.41) is 11.7. The van der Waals surface area contributed by atoms with Crippen molar-refractivity contribution in [2.24, 2.45) is 0 Å². The SMILES string of the molecule is Cc1oc(-c2ccc3ccccc3c2)nc1CN(CCO)C1CCS(=O)(=O)C1. The molecule has 4 rings (SSSR count). The van der Waals surface area contributed by atoms with Gasteiger partial charge in [0.05, 0.1) is 23.8 Å². The third-order valence-corrected chi connectivity index (χ3v) is 7.10. The highest BCUT2D eigenvalue weighted by molar-refractivity contribution is 7.91. The van der Waals surface area contributed by atoms with E-state index in [0.717, 1.165) is 22.0 Å². The van der Waals surface area contributed by atoms with E-state index >= 15 is 0 Å². The van der Waals surface area contributed by atoms with E-state index in [1.807, 2.05) is 36.1 Å². The number of aliphatic hydroxyl groups excluding tert-OH is 1. The monoisotopic (exact) mass is 400 g/mol. The van der Waals surface area contributed by atoms with Gasteiger partial charge in [0.25, 0.3) is 0 Å². The second-order valence-corrected chi connectivity index (χ2v) is 9.56. The minimum atomic E-state index is -2.99. The second-order valence-electron chi connectivity index (χ2n) is 7.33. The van der Waals surface area contributed by atoms with Gasteiger partial charge in [0, 0.05) is 24.7 Å². The van der Waals surface area contributed by atoms with Crippen LogP contribution >= 0.6 is 0 Å². The number of benzene rings is 2. The molecular formula is C21H24N2O4S. The zero-order valence-corrected chi connectivity index (χ0v) is 16.7. The van der Waals surface area contributed by atoms with E-state index in [2.05, 4.69) is 23.2 Å². The number of oxazole rings is 1. The van der Waals surface area contributed by atoms with E-state index in [-0.39, 0.29) is 24.2 Å². The molecule has 1 fully saturated rings. The van der Waals surface area contributed by atoms with E-state index in [1.54, 1.807) is 0 Å². The van der Waals surface area contributed by atoms with Crippen molar-refractivity contribution >= 4 is 20.6 Å².